The molecule has 0 aliphatic carbocycles. The highest BCUT2D eigenvalue weighted by Gasteiger charge is 2.18. The Kier molecular flexibility index (Phi) is 26.3. The smallest absolute Gasteiger partial charge is 0.431 e. The van der Waals surface area contributed by atoms with E-state index < -0.39 is 61.0 Å². The Bertz CT molecular complexity index is 1720. The molecule has 0 unspecified atom stereocenters. The minimum Gasteiger partial charge on any atom is -0.442 e. The van der Waals surface area contributed by atoms with Gasteiger partial charge in [0, 0.05) is 23.8 Å². The maximum absolute atomic E-state index is 12.0. The molecular weight excluding hydrogens is 832 g/mol. The molecule has 0 radical (unpaired) electrons. The second-order valence-corrected chi connectivity index (χ2v) is 17.5. The van der Waals surface area contributed by atoms with Crippen LogP contribution in [0.15, 0.2) is 64.4 Å². The molecule has 23 heteroatoms. The minimum atomic E-state index is -3.82. The molecule has 0 saturated heterocycles. The molecule has 2 aromatic rings. The number of halogens is 1. The lowest BCUT2D eigenvalue weighted by Crippen LogP contribution is -2.37. The van der Waals surface area contributed by atoms with E-state index in [9.17, 15) is 36.0 Å². The minimum absolute atomic E-state index is 0.0393. The van der Waals surface area contributed by atoms with Crippen LogP contribution in [-0.2, 0) is 61.6 Å². The van der Waals surface area contributed by atoms with Gasteiger partial charge in [-0.25, -0.2) is 18.0 Å². The van der Waals surface area contributed by atoms with Gasteiger partial charge in [0.2, 0.25) is 11.8 Å². The quantitative estimate of drug-likeness (QED) is 0.0553. The Morgan fingerprint density at radius 1 is 0.638 bits per heavy atom. The molecule has 58 heavy (non-hydrogen) atoms. The number of amides is 4. The predicted molar refractivity (Wildman–Crippen MR) is 209 cm³/mol. The maximum Gasteiger partial charge on any atom is 0.431 e. The second-order valence-electron chi connectivity index (χ2n) is 13.3. The van der Waals surface area contributed by atoms with E-state index in [-0.39, 0.29) is 56.0 Å². The summed E-state index contributed by atoms with van der Waals surface area (Å²) in [5.41, 5.74) is 3.64. The van der Waals surface area contributed by atoms with Crippen LogP contribution >= 0.6 is 10.7 Å². The topological polar surface area (TPSA) is 270 Å². The van der Waals surface area contributed by atoms with E-state index in [1.165, 1.54) is 24.3 Å². The highest BCUT2D eigenvalue weighted by Crippen LogP contribution is 2.14. The number of aryl methyl sites for hydroxylation is 1. The summed E-state index contributed by atoms with van der Waals surface area (Å²) in [6.07, 6.45) is -1.55. The molecule has 5 N–H and O–H groups in total. The van der Waals surface area contributed by atoms with Gasteiger partial charge in [0.15, 0.2) is 13.2 Å². The number of benzene rings is 2. The van der Waals surface area contributed by atoms with Crippen molar-refractivity contribution in [3.63, 3.8) is 0 Å². The van der Waals surface area contributed by atoms with E-state index in [1.54, 1.807) is 71.9 Å². The van der Waals surface area contributed by atoms with Crippen LogP contribution in [0.5, 0.6) is 0 Å². The third-order valence-electron chi connectivity index (χ3n) is 5.69. The van der Waals surface area contributed by atoms with Crippen LogP contribution in [0.4, 0.5) is 9.59 Å². The normalized spacial score (nSPS) is 11.4. The molecule has 0 atom stereocenters. The zero-order valence-electron chi connectivity index (χ0n) is 33.5. The van der Waals surface area contributed by atoms with Gasteiger partial charge < -0.3 is 34.7 Å². The predicted octanol–water partition coefficient (Wildman–Crippen LogP) is 2.47. The summed E-state index contributed by atoms with van der Waals surface area (Å²) in [4.78, 5) is 54.8. The Morgan fingerprint density at radius 3 is 1.48 bits per heavy atom. The van der Waals surface area contributed by atoms with Crippen molar-refractivity contribution in [1.29, 1.82) is 0 Å². The van der Waals surface area contributed by atoms with Crippen molar-refractivity contribution in [1.82, 2.24) is 21.6 Å². The number of ether oxygens (including phenoxy) is 4. The lowest BCUT2D eigenvalue weighted by molar-refractivity contribution is -0.129. The number of carbonyl (C=O) groups excluding carboxylic acids is 4. The van der Waals surface area contributed by atoms with Crippen LogP contribution in [0.3, 0.4) is 0 Å². The first kappa shape index (κ1) is 53.9. The van der Waals surface area contributed by atoms with Crippen LogP contribution in [0.1, 0.15) is 47.1 Å². The van der Waals surface area contributed by atoms with E-state index >= 15 is 0 Å². The van der Waals surface area contributed by atoms with Gasteiger partial charge in [-0.15, -0.1) is 0 Å². The third-order valence-corrected chi connectivity index (χ3v) is 8.38. The van der Waals surface area contributed by atoms with Crippen LogP contribution in [-0.4, -0.2) is 123 Å². The summed E-state index contributed by atoms with van der Waals surface area (Å²) < 4.78 is 70.0. The molecule has 0 aliphatic heterocycles. The van der Waals surface area contributed by atoms with Gasteiger partial charge in [0.25, 0.3) is 19.2 Å². The van der Waals surface area contributed by atoms with Gasteiger partial charge in [-0.2, -0.15) is 19.4 Å². The molecule has 0 aromatic heterocycles. The summed E-state index contributed by atoms with van der Waals surface area (Å²) in [5, 5.41) is 13.4. The molecule has 2 rings (SSSR count). The lowest BCUT2D eigenvalue weighted by Gasteiger charge is -2.19. The van der Waals surface area contributed by atoms with Crippen LogP contribution in [0, 0.1) is 6.92 Å². The first-order valence-electron chi connectivity index (χ1n) is 17.4. The van der Waals surface area contributed by atoms with Crippen molar-refractivity contribution >= 4 is 53.9 Å². The Labute approximate surface area is 344 Å². The average Bonchev–Trinajstić information content (AvgIpc) is 3.10. The van der Waals surface area contributed by atoms with Gasteiger partial charge in [0.1, 0.15) is 11.2 Å². The Hall–Kier alpha value is -4.13. The highest BCUT2D eigenvalue weighted by atomic mass is 35.7. The number of aliphatic hydroxyl groups is 1. The number of hydroxylamine groups is 2. The van der Waals surface area contributed by atoms with Gasteiger partial charge in [0.05, 0.1) is 49.4 Å². The zero-order valence-corrected chi connectivity index (χ0v) is 35.9. The van der Waals surface area contributed by atoms with Crippen LogP contribution in [0.2, 0.25) is 0 Å². The Balaban J connectivity index is 0.000000952. The van der Waals surface area contributed by atoms with Crippen LogP contribution < -0.4 is 21.6 Å². The number of hydrogen-bond donors (Lipinski definition) is 5. The molecule has 0 heterocycles. The fourth-order valence-electron chi connectivity index (χ4n) is 3.37. The SMILES string of the molecule is CC(C)(C)OC(=O)NOCC(=O)NCCOCCO.Cc1ccc(S(=O)(=O)OCCOCCNC(=O)CONC(=O)OC(C)(C)C)cc1.O=S(=O)(Cl)c1ccccc1. The fourth-order valence-corrected chi connectivity index (χ4v) is 5.06. The summed E-state index contributed by atoms with van der Waals surface area (Å²) >= 11 is 0. The van der Waals surface area contributed by atoms with Crippen LogP contribution in [0.25, 0.3) is 0 Å². The summed E-state index contributed by atoms with van der Waals surface area (Å²) in [5.74, 6) is -0.869. The van der Waals surface area contributed by atoms with Gasteiger partial charge in [-0.05, 0) is 72.7 Å². The number of hydrogen-bond acceptors (Lipinski definition) is 16. The van der Waals surface area contributed by atoms with Crippen molar-refractivity contribution in [3.05, 3.63) is 60.2 Å². The molecule has 2 aromatic carbocycles. The molecule has 20 nitrogen and oxygen atoms in total. The second kappa shape index (κ2) is 28.3. The lowest BCUT2D eigenvalue weighted by atomic mass is 10.2. The zero-order chi connectivity index (χ0) is 44.3. The standard InChI is InChI=1S/C18H28N2O8S.C11H22N2O6.C6H5ClO2S/c1-14-5-7-15(8-6-14)29(23,24)27-12-11-25-10-9-19-16(21)13-26-20-17(22)28-18(2,3)4;1-11(2,3)19-10(16)13-18-8-9(15)12-4-6-17-7-5-14;7-10(8,9)6-4-2-1-3-5-6/h5-8H,9-13H2,1-4H3,(H,19,21)(H,20,22);14H,4-8H2,1-3H3,(H,12,15)(H,13,16);1-5H. The summed E-state index contributed by atoms with van der Waals surface area (Å²) in [7, 11) is -2.32. The number of rotatable bonds is 20. The summed E-state index contributed by atoms with van der Waals surface area (Å²) in [6, 6.07) is 14.2. The van der Waals surface area contributed by atoms with Gasteiger partial charge in [-0.3, -0.25) is 23.4 Å². The maximum atomic E-state index is 12.0. The molecule has 0 saturated carbocycles. The van der Waals surface area contributed by atoms with Crippen molar-refractivity contribution in [3.8, 4) is 0 Å². The number of nitrogens with one attached hydrogen (secondary N) is 4. The van der Waals surface area contributed by atoms with Gasteiger partial charge in [-0.1, -0.05) is 35.9 Å². The number of carbonyl (C=O) groups is 4. The van der Waals surface area contributed by atoms with Crippen molar-refractivity contribution in [2.24, 2.45) is 0 Å². The molecule has 4 amide bonds. The molecule has 0 bridgehead atoms. The molecule has 0 aliphatic rings. The van der Waals surface area contributed by atoms with Crippen molar-refractivity contribution in [2.75, 3.05) is 65.9 Å². The Morgan fingerprint density at radius 2 is 1.09 bits per heavy atom. The van der Waals surface area contributed by atoms with E-state index in [4.69, 9.17) is 43.8 Å². The molecular formula is C35H55ClN4O16S2. The largest absolute Gasteiger partial charge is 0.442 e. The third kappa shape index (κ3) is 30.9. The van der Waals surface area contributed by atoms with Crippen molar-refractivity contribution < 1.29 is 73.9 Å². The highest BCUT2D eigenvalue weighted by molar-refractivity contribution is 8.13. The molecule has 330 valence electrons. The summed E-state index contributed by atoms with van der Waals surface area (Å²) in [6.45, 7) is 12.4. The van der Waals surface area contributed by atoms with E-state index in [2.05, 4.69) is 15.5 Å². The molecule has 0 fully saturated rings. The van der Waals surface area contributed by atoms with E-state index in [0.29, 0.717) is 13.2 Å². The first-order chi connectivity index (χ1) is 26.9. The fraction of sp³-hybridized carbons (Fsp3) is 0.543. The average molecular weight is 887 g/mol. The van der Waals surface area contributed by atoms with E-state index in [0.717, 1.165) is 5.56 Å². The van der Waals surface area contributed by atoms with Crippen molar-refractivity contribution in [2.45, 2.75) is 69.5 Å². The van der Waals surface area contributed by atoms with Gasteiger partial charge >= 0.3 is 12.2 Å². The number of aliphatic hydroxyl groups excluding tert-OH is 1. The van der Waals surface area contributed by atoms with E-state index in [1.807, 2.05) is 17.9 Å². The first-order valence-corrected chi connectivity index (χ1v) is 21.1. The monoisotopic (exact) mass is 886 g/mol. The molecule has 0 spiro atoms.